The number of nitrogens with one attached hydrogen (secondary N) is 1. The van der Waals surface area contributed by atoms with Gasteiger partial charge in [0, 0.05) is 18.6 Å². The summed E-state index contributed by atoms with van der Waals surface area (Å²) in [5.74, 6) is 5.76. The monoisotopic (exact) mass is 287 g/mol. The highest BCUT2D eigenvalue weighted by Gasteiger charge is 2.22. The van der Waals surface area contributed by atoms with E-state index in [0.717, 1.165) is 30.4 Å². The minimum absolute atomic E-state index is 0.0382. The van der Waals surface area contributed by atoms with Gasteiger partial charge in [-0.3, -0.25) is 4.79 Å². The van der Waals surface area contributed by atoms with E-state index in [1.807, 2.05) is 25.1 Å². The predicted molar refractivity (Wildman–Crippen MR) is 82.0 cm³/mol. The third-order valence-corrected chi connectivity index (χ3v) is 3.36. The van der Waals surface area contributed by atoms with Gasteiger partial charge in [0.1, 0.15) is 6.10 Å². The summed E-state index contributed by atoms with van der Waals surface area (Å²) >= 11 is 0. The summed E-state index contributed by atoms with van der Waals surface area (Å²) in [5, 5.41) is 11.7. The Labute approximate surface area is 125 Å². The highest BCUT2D eigenvalue weighted by molar-refractivity contribution is 5.95. The van der Waals surface area contributed by atoms with E-state index in [9.17, 15) is 4.79 Å². The quantitative estimate of drug-likeness (QED) is 0.838. The van der Waals surface area contributed by atoms with Gasteiger partial charge in [-0.15, -0.1) is 0 Å². The van der Waals surface area contributed by atoms with E-state index in [1.54, 1.807) is 0 Å². The maximum absolute atomic E-state index is 12.2. The van der Waals surface area contributed by atoms with Gasteiger partial charge in [0.25, 0.3) is 5.91 Å². The highest BCUT2D eigenvalue weighted by atomic mass is 16.5. The van der Waals surface area contributed by atoms with Gasteiger partial charge in [-0.25, -0.2) is 0 Å². The summed E-state index contributed by atoms with van der Waals surface area (Å²) in [6, 6.07) is 5.75. The second kappa shape index (κ2) is 7.82. The molecule has 0 aromatic heterocycles. The minimum atomic E-state index is -0.363. The van der Waals surface area contributed by atoms with E-state index in [0.29, 0.717) is 18.7 Å². The smallest absolute Gasteiger partial charge is 0.253 e. The molecular weight excluding hydrogens is 266 g/mol. The first-order valence-electron chi connectivity index (χ1n) is 7.33. The van der Waals surface area contributed by atoms with Crippen molar-refractivity contribution < 1.29 is 14.6 Å². The van der Waals surface area contributed by atoms with E-state index >= 15 is 0 Å². The topological polar surface area (TPSA) is 58.6 Å². The average molecular weight is 287 g/mol. The third kappa shape index (κ3) is 4.59. The lowest BCUT2D eigenvalue weighted by atomic mass is 10.1. The molecule has 0 aliphatic carbocycles. The standard InChI is InChI=1S/C17H21NO3/c1-13-8-9-14(6-2-4-10-19)15(12-13)18-17(20)16-7-3-5-11-21-16/h8-9,12,16,19H,3-5,7,10-11H2,1H3,(H,18,20). The van der Waals surface area contributed by atoms with Crippen molar-refractivity contribution in [1.82, 2.24) is 0 Å². The number of hydrogen-bond acceptors (Lipinski definition) is 3. The number of carbonyl (C=O) groups is 1. The molecule has 1 aliphatic heterocycles. The van der Waals surface area contributed by atoms with Crippen LogP contribution < -0.4 is 5.32 Å². The zero-order chi connectivity index (χ0) is 15.1. The Morgan fingerprint density at radius 2 is 2.33 bits per heavy atom. The summed E-state index contributed by atoms with van der Waals surface area (Å²) in [5.41, 5.74) is 2.53. The number of aliphatic hydroxyl groups excluding tert-OH is 1. The Balaban J connectivity index is 2.12. The Bertz CT molecular complexity index is 551. The highest BCUT2D eigenvalue weighted by Crippen LogP contribution is 2.19. The van der Waals surface area contributed by atoms with E-state index in [1.165, 1.54) is 0 Å². The Morgan fingerprint density at radius 1 is 1.48 bits per heavy atom. The maximum atomic E-state index is 12.2. The molecule has 0 spiro atoms. The zero-order valence-electron chi connectivity index (χ0n) is 12.3. The number of hydrogen-bond donors (Lipinski definition) is 2. The number of aliphatic hydroxyl groups is 1. The van der Waals surface area contributed by atoms with Gasteiger partial charge in [0.2, 0.25) is 0 Å². The van der Waals surface area contributed by atoms with Crippen LogP contribution >= 0.6 is 0 Å². The van der Waals surface area contributed by atoms with Gasteiger partial charge >= 0.3 is 0 Å². The Hall–Kier alpha value is -1.83. The van der Waals surface area contributed by atoms with Crippen molar-refractivity contribution in [2.24, 2.45) is 0 Å². The molecule has 112 valence electrons. The summed E-state index contributed by atoms with van der Waals surface area (Å²) in [6.45, 7) is 2.66. The van der Waals surface area contributed by atoms with Crippen molar-refractivity contribution in [3.63, 3.8) is 0 Å². The molecule has 2 N–H and O–H groups in total. The van der Waals surface area contributed by atoms with Gasteiger partial charge in [0.15, 0.2) is 0 Å². The largest absolute Gasteiger partial charge is 0.395 e. The van der Waals surface area contributed by atoms with Gasteiger partial charge in [0.05, 0.1) is 12.3 Å². The van der Waals surface area contributed by atoms with Crippen LogP contribution in [0.1, 0.15) is 36.8 Å². The SMILES string of the molecule is Cc1ccc(C#CCCO)c(NC(=O)C2CCCCO2)c1. The molecule has 1 atom stereocenters. The molecule has 1 unspecified atom stereocenters. The fourth-order valence-electron chi connectivity index (χ4n) is 2.24. The molecule has 0 saturated carbocycles. The van der Waals surface area contributed by atoms with Crippen LogP contribution in [0.4, 0.5) is 5.69 Å². The molecule has 1 aliphatic rings. The number of rotatable bonds is 3. The van der Waals surface area contributed by atoms with Crippen LogP contribution in [0.15, 0.2) is 18.2 Å². The maximum Gasteiger partial charge on any atom is 0.253 e. The lowest BCUT2D eigenvalue weighted by Gasteiger charge is -2.22. The van der Waals surface area contributed by atoms with Crippen molar-refractivity contribution in [1.29, 1.82) is 0 Å². The van der Waals surface area contributed by atoms with Crippen LogP contribution in [0.3, 0.4) is 0 Å². The Kier molecular flexibility index (Phi) is 5.79. The van der Waals surface area contributed by atoms with E-state index in [4.69, 9.17) is 9.84 Å². The molecule has 21 heavy (non-hydrogen) atoms. The molecule has 1 fully saturated rings. The molecule has 1 aromatic rings. The second-order valence-corrected chi connectivity index (χ2v) is 5.17. The van der Waals surface area contributed by atoms with Crippen LogP contribution in [-0.2, 0) is 9.53 Å². The number of carbonyl (C=O) groups excluding carboxylic acids is 1. The number of benzene rings is 1. The molecule has 1 saturated heterocycles. The first kappa shape index (κ1) is 15.6. The van der Waals surface area contributed by atoms with Crippen LogP contribution in [0.25, 0.3) is 0 Å². The van der Waals surface area contributed by atoms with Crippen LogP contribution in [0.5, 0.6) is 0 Å². The molecule has 0 radical (unpaired) electrons. The normalized spacial score (nSPS) is 17.7. The van der Waals surface area contributed by atoms with E-state index in [-0.39, 0.29) is 18.6 Å². The molecule has 0 bridgehead atoms. The molecule has 4 heteroatoms. The summed E-state index contributed by atoms with van der Waals surface area (Å²) in [4.78, 5) is 12.2. The number of anilines is 1. The average Bonchev–Trinajstić information content (AvgIpc) is 2.50. The van der Waals surface area contributed by atoms with Gasteiger partial charge in [-0.05, 0) is 43.9 Å². The number of ether oxygens (including phenoxy) is 1. The minimum Gasteiger partial charge on any atom is -0.395 e. The van der Waals surface area contributed by atoms with E-state index < -0.39 is 0 Å². The van der Waals surface area contributed by atoms with Crippen molar-refractivity contribution in [3.05, 3.63) is 29.3 Å². The van der Waals surface area contributed by atoms with E-state index in [2.05, 4.69) is 17.2 Å². The van der Waals surface area contributed by atoms with Crippen molar-refractivity contribution in [2.45, 2.75) is 38.7 Å². The van der Waals surface area contributed by atoms with Gasteiger partial charge in [-0.2, -0.15) is 0 Å². The molecule has 1 amide bonds. The first-order chi connectivity index (χ1) is 10.2. The predicted octanol–water partition coefficient (Wildman–Crippen LogP) is 2.24. The summed E-state index contributed by atoms with van der Waals surface area (Å²) < 4.78 is 5.50. The molecule has 2 rings (SSSR count). The number of aryl methyl sites for hydroxylation is 1. The van der Waals surface area contributed by atoms with Crippen molar-refractivity contribution in [3.8, 4) is 11.8 Å². The third-order valence-electron chi connectivity index (χ3n) is 3.36. The fraction of sp³-hybridized carbons (Fsp3) is 0.471. The summed E-state index contributed by atoms with van der Waals surface area (Å²) in [6.07, 6.45) is 2.87. The zero-order valence-corrected chi connectivity index (χ0v) is 12.3. The van der Waals surface area contributed by atoms with Crippen molar-refractivity contribution >= 4 is 11.6 Å². The van der Waals surface area contributed by atoms with Crippen LogP contribution in [0.2, 0.25) is 0 Å². The van der Waals surface area contributed by atoms with Crippen LogP contribution in [0, 0.1) is 18.8 Å². The molecule has 1 aromatic carbocycles. The number of amides is 1. The molecular formula is C17H21NO3. The summed E-state index contributed by atoms with van der Waals surface area (Å²) in [7, 11) is 0. The second-order valence-electron chi connectivity index (χ2n) is 5.17. The fourth-order valence-corrected chi connectivity index (χ4v) is 2.24. The Morgan fingerprint density at radius 3 is 3.05 bits per heavy atom. The van der Waals surface area contributed by atoms with Crippen molar-refractivity contribution in [2.75, 3.05) is 18.5 Å². The molecule has 4 nitrogen and oxygen atoms in total. The first-order valence-corrected chi connectivity index (χ1v) is 7.33. The van der Waals surface area contributed by atoms with Gasteiger partial charge in [-0.1, -0.05) is 17.9 Å². The van der Waals surface area contributed by atoms with Crippen LogP contribution in [-0.4, -0.2) is 30.3 Å². The lowest BCUT2D eigenvalue weighted by Crippen LogP contribution is -2.33. The molecule has 1 heterocycles. The lowest BCUT2D eigenvalue weighted by molar-refractivity contribution is -0.129. The van der Waals surface area contributed by atoms with Gasteiger partial charge < -0.3 is 15.2 Å².